The standard InChI is InChI=1S/C47H53N3O18S/c1-24-45-27(48-8-13-65-22-35(48)68-45)18-36(66-24)67-29-21-47(60,20-26-38(29)44(58)40-39(42(26)56)41(55)25-4-3-5-28(61-2)37(25)43(40)57)31(51)23-69-30-19-34(54)50(46(30)59)10-12-63-15-17-64-16-14-62-11-9-49-32(52)6-7-33(49)53/h3-7,24,27,29-30,35-36,45,56,58,60H,8-23H2,1-2H3/t24-,27-,29-,30?,35+,36-,45+,47-/m0/s1. The number of phenolic OH excluding ortho intramolecular Hbond substituents is 2. The lowest BCUT2D eigenvalue weighted by molar-refractivity contribution is -0.247. The van der Waals surface area contributed by atoms with Crippen molar-refractivity contribution in [1.82, 2.24) is 14.7 Å². The molecule has 4 amide bonds. The Balaban J connectivity index is 0.846. The molecule has 5 aliphatic heterocycles. The number of carbonyl (C=O) groups excluding carboxylic acids is 7. The number of morpholine rings is 1. The molecule has 0 aromatic heterocycles. The number of aliphatic hydroxyl groups is 1. The van der Waals surface area contributed by atoms with Gasteiger partial charge in [-0.15, -0.1) is 11.8 Å². The van der Waals surface area contributed by atoms with E-state index in [0.717, 1.165) is 21.6 Å². The van der Waals surface area contributed by atoms with Gasteiger partial charge in [0.05, 0.1) is 113 Å². The van der Waals surface area contributed by atoms with Gasteiger partial charge in [0, 0.05) is 67.1 Å². The molecule has 9 rings (SSSR count). The van der Waals surface area contributed by atoms with Crippen LogP contribution in [0.25, 0.3) is 0 Å². The number of benzene rings is 2. The minimum absolute atomic E-state index is 0.0261. The van der Waals surface area contributed by atoms with Crippen molar-refractivity contribution < 1.29 is 86.8 Å². The van der Waals surface area contributed by atoms with E-state index < -0.39 is 99.7 Å². The summed E-state index contributed by atoms with van der Waals surface area (Å²) in [6, 6.07) is 4.25. The van der Waals surface area contributed by atoms with Crippen LogP contribution < -0.4 is 4.74 Å². The average Bonchev–Trinajstić information content (AvgIpc) is 3.97. The van der Waals surface area contributed by atoms with Gasteiger partial charge < -0.3 is 53.2 Å². The fourth-order valence-electron chi connectivity index (χ4n) is 10.2. The Morgan fingerprint density at radius 2 is 1.55 bits per heavy atom. The Kier molecular flexibility index (Phi) is 14.4. The fourth-order valence-corrected chi connectivity index (χ4v) is 11.3. The smallest absolute Gasteiger partial charge is 0.253 e. The predicted molar refractivity (Wildman–Crippen MR) is 237 cm³/mol. The van der Waals surface area contributed by atoms with Crippen molar-refractivity contribution in [3.63, 3.8) is 0 Å². The molecule has 2 aliphatic carbocycles. The lowest BCUT2D eigenvalue weighted by Gasteiger charge is -2.43. The molecule has 4 fully saturated rings. The third kappa shape index (κ3) is 9.34. The molecule has 4 saturated heterocycles. The number of likely N-dealkylation sites (tertiary alicyclic amines) is 1. The molecule has 3 N–H and O–H groups in total. The van der Waals surface area contributed by atoms with Gasteiger partial charge in [-0.25, -0.2) is 0 Å². The predicted octanol–water partition coefficient (Wildman–Crippen LogP) is 0.582. The summed E-state index contributed by atoms with van der Waals surface area (Å²) in [6.45, 7) is 4.44. The first-order valence-corrected chi connectivity index (χ1v) is 23.9. The molecular formula is C47H53N3O18S. The summed E-state index contributed by atoms with van der Waals surface area (Å²) in [5.41, 5.74) is -3.68. The van der Waals surface area contributed by atoms with Crippen molar-refractivity contribution in [3.05, 3.63) is 63.7 Å². The lowest BCUT2D eigenvalue weighted by atomic mass is 9.72. The van der Waals surface area contributed by atoms with Crippen molar-refractivity contribution in [2.24, 2.45) is 0 Å². The third-order valence-electron chi connectivity index (χ3n) is 13.6. The molecule has 5 heterocycles. The van der Waals surface area contributed by atoms with Crippen LogP contribution in [-0.2, 0) is 63.6 Å². The molecule has 69 heavy (non-hydrogen) atoms. The second-order valence-corrected chi connectivity index (χ2v) is 18.9. The summed E-state index contributed by atoms with van der Waals surface area (Å²) in [7, 11) is 1.33. The van der Waals surface area contributed by atoms with Crippen LogP contribution in [0.5, 0.6) is 17.2 Å². The molecule has 22 heteroatoms. The number of Topliss-reactive ketones (excluding diaryl/α,β-unsaturated/α-hetero) is 1. The van der Waals surface area contributed by atoms with Gasteiger partial charge in [-0.2, -0.15) is 0 Å². The number of hydrogen-bond donors (Lipinski definition) is 3. The summed E-state index contributed by atoms with van der Waals surface area (Å²) < 4.78 is 46.6. The summed E-state index contributed by atoms with van der Waals surface area (Å²) >= 11 is 0.881. The topological polar surface area (TPSA) is 264 Å². The highest BCUT2D eigenvalue weighted by Crippen LogP contribution is 2.53. The van der Waals surface area contributed by atoms with Gasteiger partial charge in [0.25, 0.3) is 11.8 Å². The van der Waals surface area contributed by atoms with Crippen LogP contribution in [0.1, 0.15) is 75.3 Å². The maximum Gasteiger partial charge on any atom is 0.253 e. The number of phenols is 2. The molecule has 1 unspecified atom stereocenters. The van der Waals surface area contributed by atoms with Crippen LogP contribution >= 0.6 is 11.8 Å². The second-order valence-electron chi connectivity index (χ2n) is 17.7. The van der Waals surface area contributed by atoms with E-state index in [2.05, 4.69) is 4.90 Å². The average molecular weight is 980 g/mol. The molecule has 2 aromatic carbocycles. The number of methoxy groups -OCH3 is 1. The SMILES string of the molecule is COc1cccc2c1C(=O)c1c(O)c3c(c(O)c1C2=O)C[C@@](O)(C(=O)CSC1CC(=O)N(CCOCCOCCOCCN2C(=O)C=CC2=O)C1=O)C[C@@H]3O[C@H]1C[C@H]2[C@H](O[C@@H]3COCCN32)[C@H](C)O1. The summed E-state index contributed by atoms with van der Waals surface area (Å²) in [6.07, 6.45) is -1.96. The number of aromatic hydroxyl groups is 2. The molecule has 0 radical (unpaired) electrons. The van der Waals surface area contributed by atoms with Crippen LogP contribution in [0, 0.1) is 0 Å². The number of nitrogens with zero attached hydrogens (tertiary/aromatic N) is 3. The van der Waals surface area contributed by atoms with Gasteiger partial charge >= 0.3 is 0 Å². The number of ether oxygens (including phenoxy) is 8. The van der Waals surface area contributed by atoms with E-state index in [-0.39, 0.29) is 124 Å². The maximum atomic E-state index is 14.3. The Bertz CT molecular complexity index is 2440. The number of amides is 4. The highest BCUT2D eigenvalue weighted by Gasteiger charge is 2.54. The van der Waals surface area contributed by atoms with Crippen LogP contribution in [-0.4, -0.2) is 198 Å². The maximum absolute atomic E-state index is 14.3. The molecule has 370 valence electrons. The van der Waals surface area contributed by atoms with Crippen molar-refractivity contribution in [2.45, 2.75) is 80.3 Å². The number of carbonyl (C=O) groups is 7. The molecule has 0 spiro atoms. The third-order valence-corrected chi connectivity index (χ3v) is 14.8. The largest absolute Gasteiger partial charge is 0.507 e. The highest BCUT2D eigenvalue weighted by molar-refractivity contribution is 8.01. The molecular weight excluding hydrogens is 927 g/mol. The Morgan fingerprint density at radius 1 is 0.870 bits per heavy atom. The Labute approximate surface area is 399 Å². The van der Waals surface area contributed by atoms with Gasteiger partial charge in [0.1, 0.15) is 35.2 Å². The van der Waals surface area contributed by atoms with Crippen molar-refractivity contribution in [1.29, 1.82) is 0 Å². The fraction of sp³-hybridized carbons (Fsp3) is 0.553. The zero-order valence-electron chi connectivity index (χ0n) is 38.0. The number of rotatable bonds is 19. The van der Waals surface area contributed by atoms with Crippen LogP contribution in [0.3, 0.4) is 0 Å². The van der Waals surface area contributed by atoms with Gasteiger partial charge in [-0.1, -0.05) is 12.1 Å². The number of imide groups is 2. The molecule has 0 saturated carbocycles. The first kappa shape index (κ1) is 48.9. The number of ketones is 3. The minimum atomic E-state index is -2.29. The van der Waals surface area contributed by atoms with E-state index in [1.165, 1.54) is 37.5 Å². The summed E-state index contributed by atoms with van der Waals surface area (Å²) in [4.78, 5) is 96.5. The van der Waals surface area contributed by atoms with Crippen LogP contribution in [0.4, 0.5) is 0 Å². The Hall–Kier alpha value is -5.14. The highest BCUT2D eigenvalue weighted by atomic mass is 32.2. The van der Waals surface area contributed by atoms with Crippen molar-refractivity contribution in [2.75, 3.05) is 85.4 Å². The van der Waals surface area contributed by atoms with Gasteiger partial charge in [-0.05, 0) is 13.0 Å². The number of fused-ring (bicyclic) bond motifs is 6. The van der Waals surface area contributed by atoms with E-state index in [0.29, 0.717) is 19.8 Å². The monoisotopic (exact) mass is 979 g/mol. The van der Waals surface area contributed by atoms with E-state index in [9.17, 15) is 48.9 Å². The quantitative estimate of drug-likeness (QED) is 0.0843. The zero-order chi connectivity index (χ0) is 48.7. The van der Waals surface area contributed by atoms with Gasteiger partial charge in [-0.3, -0.25) is 48.3 Å². The number of hydrogen-bond acceptors (Lipinski definition) is 20. The van der Waals surface area contributed by atoms with Crippen molar-refractivity contribution in [3.8, 4) is 17.2 Å². The van der Waals surface area contributed by atoms with Crippen LogP contribution in [0.15, 0.2) is 30.4 Å². The molecule has 0 bridgehead atoms. The number of thioether (sulfide) groups is 1. The van der Waals surface area contributed by atoms with E-state index in [1.54, 1.807) is 0 Å². The van der Waals surface area contributed by atoms with Gasteiger partial charge in [0.15, 0.2) is 17.9 Å². The van der Waals surface area contributed by atoms with E-state index >= 15 is 0 Å². The van der Waals surface area contributed by atoms with Gasteiger partial charge in [0.2, 0.25) is 17.6 Å². The van der Waals surface area contributed by atoms with E-state index in [1.807, 2.05) is 6.92 Å². The lowest BCUT2D eigenvalue weighted by Crippen LogP contribution is -2.53. The van der Waals surface area contributed by atoms with E-state index in [4.69, 9.17) is 37.9 Å². The Morgan fingerprint density at radius 3 is 2.26 bits per heavy atom. The zero-order valence-corrected chi connectivity index (χ0v) is 38.8. The normalized spacial score (nSPS) is 28.5. The first-order chi connectivity index (χ1) is 33.2. The summed E-state index contributed by atoms with van der Waals surface area (Å²) in [5, 5.41) is 35.5. The first-order valence-electron chi connectivity index (χ1n) is 22.9. The minimum Gasteiger partial charge on any atom is -0.507 e. The van der Waals surface area contributed by atoms with Crippen molar-refractivity contribution >= 4 is 52.7 Å². The van der Waals surface area contributed by atoms with Crippen LogP contribution in [0.2, 0.25) is 0 Å². The molecule has 7 aliphatic rings. The summed E-state index contributed by atoms with van der Waals surface area (Å²) in [5.74, 6) is -5.78. The second kappa shape index (κ2) is 20.3. The molecule has 2 aromatic rings. The molecule has 8 atom stereocenters. The molecule has 21 nitrogen and oxygen atoms in total.